The van der Waals surface area contributed by atoms with Gasteiger partial charge in [0.25, 0.3) is 17.9 Å². The van der Waals surface area contributed by atoms with Crippen LogP contribution in [0.15, 0.2) is 33.9 Å². The molecule has 3 N–H and O–H groups in total. The molecule has 0 atom stereocenters. The maximum atomic E-state index is 14.5. The molecule has 14 heteroatoms. The fourth-order valence-electron chi connectivity index (χ4n) is 3.23. The van der Waals surface area contributed by atoms with Crippen molar-refractivity contribution in [3.63, 3.8) is 0 Å². The molecule has 1 aliphatic carbocycles. The van der Waals surface area contributed by atoms with Crippen LogP contribution in [0.2, 0.25) is 10.0 Å². The number of rotatable bonds is 6. The van der Waals surface area contributed by atoms with E-state index in [1.165, 1.54) is 0 Å². The van der Waals surface area contributed by atoms with Gasteiger partial charge in [-0.05, 0) is 31.4 Å². The molecule has 0 radical (unpaired) electrons. The lowest BCUT2D eigenvalue weighted by Crippen LogP contribution is -2.39. The SMILES string of the molecule is O=C(NC1CCC1)c1cc(Oc2c(Cl)cc(-n3nc(C(F)F)c(=O)[nH]c3=O)cc2Cl)c(F)cc1O. The number of benzene rings is 2. The topological polar surface area (TPSA) is 126 Å². The number of phenolic OH excluding ortho intramolecular Hbond substituents is 1. The van der Waals surface area contributed by atoms with E-state index in [-0.39, 0.29) is 33.1 Å². The number of nitrogens with zero attached hydrogens (tertiary/aromatic N) is 2. The Balaban J connectivity index is 1.68. The highest BCUT2D eigenvalue weighted by Gasteiger charge is 2.24. The van der Waals surface area contributed by atoms with E-state index in [0.717, 1.165) is 37.5 Å². The number of alkyl halides is 2. The van der Waals surface area contributed by atoms with Gasteiger partial charge in [0, 0.05) is 18.2 Å². The van der Waals surface area contributed by atoms with Crippen molar-refractivity contribution < 1.29 is 27.8 Å². The first-order chi connectivity index (χ1) is 16.5. The molecule has 0 saturated heterocycles. The molecular formula is C21H15Cl2F3N4O5. The minimum atomic E-state index is -3.26. The van der Waals surface area contributed by atoms with Crippen molar-refractivity contribution in [2.24, 2.45) is 0 Å². The Morgan fingerprint density at radius 3 is 2.43 bits per heavy atom. The smallest absolute Gasteiger partial charge is 0.349 e. The first kappa shape index (κ1) is 24.6. The zero-order valence-electron chi connectivity index (χ0n) is 17.4. The van der Waals surface area contributed by atoms with Gasteiger partial charge < -0.3 is 15.2 Å². The van der Waals surface area contributed by atoms with Gasteiger partial charge in [-0.3, -0.25) is 14.6 Å². The normalized spacial score (nSPS) is 13.5. The van der Waals surface area contributed by atoms with E-state index in [4.69, 9.17) is 27.9 Å². The second-order valence-corrected chi connectivity index (χ2v) is 8.41. The van der Waals surface area contributed by atoms with Gasteiger partial charge in [0.05, 0.1) is 21.3 Å². The molecule has 2 aromatic carbocycles. The third-order valence-electron chi connectivity index (χ3n) is 5.23. The Labute approximate surface area is 204 Å². The van der Waals surface area contributed by atoms with Crippen LogP contribution in [0.5, 0.6) is 17.2 Å². The highest BCUT2D eigenvalue weighted by molar-refractivity contribution is 6.37. The number of amides is 1. The van der Waals surface area contributed by atoms with Crippen LogP contribution in [0.25, 0.3) is 5.69 Å². The highest BCUT2D eigenvalue weighted by atomic mass is 35.5. The van der Waals surface area contributed by atoms with E-state index in [1.54, 1.807) is 4.98 Å². The van der Waals surface area contributed by atoms with Crippen LogP contribution in [0.4, 0.5) is 13.2 Å². The van der Waals surface area contributed by atoms with Gasteiger partial charge in [0.15, 0.2) is 23.0 Å². The molecular weight excluding hydrogens is 516 g/mol. The molecule has 1 amide bonds. The molecule has 1 fully saturated rings. The first-order valence-electron chi connectivity index (χ1n) is 10.1. The van der Waals surface area contributed by atoms with Gasteiger partial charge in [0.1, 0.15) is 5.75 Å². The number of nitrogens with one attached hydrogen (secondary N) is 2. The number of aromatic amines is 1. The standard InChI is InChI=1S/C21H15Cl2F3N4O5/c22-11-4-9(30-21(34)28-20(33)16(29-30)18(25)26)5-12(23)17(11)35-15-6-10(14(31)7-13(15)24)19(32)27-8-2-1-3-8/h4-8,18,31H,1-3H2,(H,27,32)(H,28,33,34). The van der Waals surface area contributed by atoms with Gasteiger partial charge in [0.2, 0.25) is 0 Å². The molecule has 35 heavy (non-hydrogen) atoms. The average molecular weight is 531 g/mol. The quantitative estimate of drug-likeness (QED) is 0.440. The molecule has 3 aromatic rings. The summed E-state index contributed by atoms with van der Waals surface area (Å²) in [5.41, 5.74) is -4.11. The van der Waals surface area contributed by atoms with Gasteiger partial charge >= 0.3 is 5.69 Å². The lowest BCUT2D eigenvalue weighted by atomic mass is 9.93. The predicted molar refractivity (Wildman–Crippen MR) is 119 cm³/mol. The molecule has 1 saturated carbocycles. The maximum Gasteiger partial charge on any atom is 0.349 e. The molecule has 4 rings (SSSR count). The number of aromatic hydroxyl groups is 1. The highest BCUT2D eigenvalue weighted by Crippen LogP contribution is 2.40. The van der Waals surface area contributed by atoms with Crippen molar-refractivity contribution in [3.8, 4) is 22.9 Å². The van der Waals surface area contributed by atoms with Crippen molar-refractivity contribution in [2.75, 3.05) is 0 Å². The lowest BCUT2D eigenvalue weighted by molar-refractivity contribution is 0.0913. The Hall–Kier alpha value is -3.51. The zero-order chi connectivity index (χ0) is 25.4. The number of phenols is 1. The number of ether oxygens (including phenoxy) is 1. The number of aromatic nitrogens is 3. The Morgan fingerprint density at radius 2 is 1.86 bits per heavy atom. The summed E-state index contributed by atoms with van der Waals surface area (Å²) in [6.45, 7) is 0. The van der Waals surface area contributed by atoms with Crippen LogP contribution in [-0.4, -0.2) is 31.8 Å². The number of hydrogen-bond acceptors (Lipinski definition) is 6. The molecule has 1 heterocycles. The van der Waals surface area contributed by atoms with Crippen molar-refractivity contribution in [1.82, 2.24) is 20.1 Å². The fraction of sp³-hybridized carbons (Fsp3) is 0.238. The van der Waals surface area contributed by atoms with Crippen LogP contribution in [0, 0.1) is 5.82 Å². The molecule has 0 spiro atoms. The molecule has 0 aliphatic heterocycles. The molecule has 1 aliphatic rings. The van der Waals surface area contributed by atoms with Gasteiger partial charge in [-0.15, -0.1) is 0 Å². The van der Waals surface area contributed by atoms with E-state index in [0.29, 0.717) is 10.7 Å². The average Bonchev–Trinajstić information content (AvgIpc) is 2.74. The second kappa shape index (κ2) is 9.62. The summed E-state index contributed by atoms with van der Waals surface area (Å²) in [6.07, 6.45) is -0.708. The molecule has 184 valence electrons. The van der Waals surface area contributed by atoms with E-state index in [1.807, 2.05) is 0 Å². The van der Waals surface area contributed by atoms with Crippen LogP contribution >= 0.6 is 23.2 Å². The summed E-state index contributed by atoms with van der Waals surface area (Å²) in [5, 5.41) is 15.5. The third kappa shape index (κ3) is 4.98. The van der Waals surface area contributed by atoms with Crippen LogP contribution in [-0.2, 0) is 0 Å². The molecule has 0 unspecified atom stereocenters. The van der Waals surface area contributed by atoms with Gasteiger partial charge in [-0.2, -0.15) is 9.78 Å². The van der Waals surface area contributed by atoms with Crippen molar-refractivity contribution in [1.29, 1.82) is 0 Å². The van der Waals surface area contributed by atoms with Crippen molar-refractivity contribution >= 4 is 29.1 Å². The van der Waals surface area contributed by atoms with Gasteiger partial charge in [-0.1, -0.05) is 23.2 Å². The number of halogens is 5. The Bertz CT molecular complexity index is 1420. The number of carbonyl (C=O) groups is 1. The summed E-state index contributed by atoms with van der Waals surface area (Å²) in [4.78, 5) is 37.7. The summed E-state index contributed by atoms with van der Waals surface area (Å²) in [6, 6.07) is 3.75. The van der Waals surface area contributed by atoms with Crippen LogP contribution < -0.4 is 21.3 Å². The maximum absolute atomic E-state index is 14.5. The van der Waals surface area contributed by atoms with Crippen LogP contribution in [0.1, 0.15) is 41.7 Å². The first-order valence-corrected chi connectivity index (χ1v) is 10.8. The number of hydrogen-bond donors (Lipinski definition) is 3. The Kier molecular flexibility index (Phi) is 6.77. The summed E-state index contributed by atoms with van der Waals surface area (Å²) in [5.74, 6) is -3.03. The Morgan fingerprint density at radius 1 is 1.20 bits per heavy atom. The molecule has 9 nitrogen and oxygen atoms in total. The van der Waals surface area contributed by atoms with E-state index in [9.17, 15) is 32.7 Å². The summed E-state index contributed by atoms with van der Waals surface area (Å²) >= 11 is 12.4. The van der Waals surface area contributed by atoms with E-state index < -0.39 is 46.6 Å². The molecule has 0 bridgehead atoms. The number of carbonyl (C=O) groups excluding carboxylic acids is 1. The second-order valence-electron chi connectivity index (χ2n) is 7.60. The minimum Gasteiger partial charge on any atom is -0.507 e. The van der Waals surface area contributed by atoms with E-state index in [2.05, 4.69) is 10.4 Å². The fourth-order valence-corrected chi connectivity index (χ4v) is 3.78. The van der Waals surface area contributed by atoms with E-state index >= 15 is 0 Å². The van der Waals surface area contributed by atoms with Gasteiger partial charge in [-0.25, -0.2) is 18.0 Å². The lowest BCUT2D eigenvalue weighted by Gasteiger charge is -2.26. The largest absolute Gasteiger partial charge is 0.507 e. The minimum absolute atomic E-state index is 0.0386. The van der Waals surface area contributed by atoms with Crippen molar-refractivity contribution in [2.45, 2.75) is 31.7 Å². The summed E-state index contributed by atoms with van der Waals surface area (Å²) < 4.78 is 46.4. The zero-order valence-corrected chi connectivity index (χ0v) is 19.0. The number of H-pyrrole nitrogens is 1. The van der Waals surface area contributed by atoms with Crippen LogP contribution in [0.3, 0.4) is 0 Å². The molecule has 1 aromatic heterocycles. The van der Waals surface area contributed by atoms with Crippen molar-refractivity contribution in [3.05, 3.63) is 72.2 Å². The summed E-state index contributed by atoms with van der Waals surface area (Å²) in [7, 11) is 0. The monoisotopic (exact) mass is 530 g/mol. The third-order valence-corrected chi connectivity index (χ3v) is 5.80. The predicted octanol–water partition coefficient (Wildman–Crippen LogP) is 4.08.